The second-order valence-electron chi connectivity index (χ2n) is 7.88. The minimum atomic E-state index is 0.0561. The molecule has 1 fully saturated rings. The van der Waals surface area contributed by atoms with E-state index in [-0.39, 0.29) is 5.91 Å². The number of anilines is 2. The van der Waals surface area contributed by atoms with Crippen molar-refractivity contribution in [3.05, 3.63) is 82.6 Å². The van der Waals surface area contributed by atoms with Crippen molar-refractivity contribution >= 4 is 35.4 Å². The average Bonchev–Trinajstić information content (AvgIpc) is 2.85. The summed E-state index contributed by atoms with van der Waals surface area (Å²) in [6.45, 7) is 3.96. The smallest absolute Gasteiger partial charge is 0.253 e. The van der Waals surface area contributed by atoms with Gasteiger partial charge in [0.05, 0.1) is 0 Å². The quantitative estimate of drug-likeness (QED) is 0.613. The van der Waals surface area contributed by atoms with Gasteiger partial charge in [0, 0.05) is 73.2 Å². The van der Waals surface area contributed by atoms with Crippen molar-refractivity contribution < 1.29 is 4.79 Å². The predicted molar refractivity (Wildman–Crippen MR) is 127 cm³/mol. The highest BCUT2D eigenvalue weighted by Crippen LogP contribution is 2.28. The Balaban J connectivity index is 1.26. The van der Waals surface area contributed by atoms with Crippen LogP contribution in [0, 0.1) is 0 Å². The molecule has 32 heavy (non-hydrogen) atoms. The third-order valence-electron chi connectivity index (χ3n) is 5.77. The zero-order valence-electron chi connectivity index (χ0n) is 17.6. The molecule has 0 atom stereocenters. The van der Waals surface area contributed by atoms with Gasteiger partial charge in [0.2, 0.25) is 5.95 Å². The minimum absolute atomic E-state index is 0.0561. The van der Waals surface area contributed by atoms with Crippen LogP contribution in [0.15, 0.2) is 65.9 Å². The lowest BCUT2D eigenvalue weighted by Crippen LogP contribution is -2.49. The molecule has 0 N–H and O–H groups in total. The van der Waals surface area contributed by atoms with Gasteiger partial charge in [-0.1, -0.05) is 23.7 Å². The molecule has 2 aliphatic heterocycles. The number of piperazine rings is 1. The summed E-state index contributed by atoms with van der Waals surface area (Å²) >= 11 is 6.21. The molecule has 162 valence electrons. The normalized spacial score (nSPS) is 15.6. The molecular weight excluding hydrogens is 424 g/mol. The first-order valence-electron chi connectivity index (χ1n) is 10.6. The molecule has 0 bridgehead atoms. The molecule has 0 spiro atoms. The third-order valence-corrected chi connectivity index (χ3v) is 6.00. The van der Waals surface area contributed by atoms with Gasteiger partial charge in [-0.15, -0.1) is 0 Å². The lowest BCUT2D eigenvalue weighted by atomic mass is 10.1. The number of aliphatic imine (C=N–C) groups is 1. The zero-order chi connectivity index (χ0) is 21.9. The number of hydrogen-bond acceptors (Lipinski definition) is 6. The number of nitrogens with zero attached hydrogens (tertiary/aromatic N) is 6. The van der Waals surface area contributed by atoms with Crippen LogP contribution in [0.4, 0.5) is 11.6 Å². The van der Waals surface area contributed by atoms with Crippen LogP contribution < -0.4 is 9.80 Å². The van der Waals surface area contributed by atoms with Crippen molar-refractivity contribution in [3.63, 3.8) is 0 Å². The van der Waals surface area contributed by atoms with E-state index in [0.717, 1.165) is 29.9 Å². The van der Waals surface area contributed by atoms with Crippen molar-refractivity contribution in [2.75, 3.05) is 42.6 Å². The Bertz CT molecular complexity index is 1140. The lowest BCUT2D eigenvalue weighted by molar-refractivity contribution is 0.0746. The van der Waals surface area contributed by atoms with Crippen LogP contribution in [-0.4, -0.2) is 59.8 Å². The zero-order valence-corrected chi connectivity index (χ0v) is 18.3. The Hall–Kier alpha value is -3.45. The van der Waals surface area contributed by atoms with E-state index < -0.39 is 0 Å². The fourth-order valence-corrected chi connectivity index (χ4v) is 4.29. The Kier molecular flexibility index (Phi) is 5.73. The SMILES string of the molecule is O=C(c1cccc(CN2CN=Cc3ccc(Cl)cc32)c1)N1CCN(c2ncccn2)CC1. The van der Waals surface area contributed by atoms with Crippen LogP contribution in [0.1, 0.15) is 21.5 Å². The Morgan fingerprint density at radius 3 is 2.59 bits per heavy atom. The van der Waals surface area contributed by atoms with Gasteiger partial charge < -0.3 is 14.7 Å². The summed E-state index contributed by atoms with van der Waals surface area (Å²) in [6, 6.07) is 15.5. The fourth-order valence-electron chi connectivity index (χ4n) is 4.12. The maximum absolute atomic E-state index is 13.2. The monoisotopic (exact) mass is 446 g/mol. The number of amides is 1. The largest absolute Gasteiger partial charge is 0.347 e. The number of aromatic nitrogens is 2. The van der Waals surface area contributed by atoms with E-state index in [1.54, 1.807) is 18.5 Å². The maximum atomic E-state index is 13.2. The molecule has 7 nitrogen and oxygen atoms in total. The Morgan fingerprint density at radius 1 is 0.969 bits per heavy atom. The molecule has 3 aromatic rings. The van der Waals surface area contributed by atoms with Crippen LogP contribution in [0.2, 0.25) is 5.02 Å². The summed E-state index contributed by atoms with van der Waals surface area (Å²) in [5.41, 5.74) is 3.88. The van der Waals surface area contributed by atoms with Crippen LogP contribution in [-0.2, 0) is 6.54 Å². The molecule has 3 heterocycles. The van der Waals surface area contributed by atoms with Gasteiger partial charge in [0.25, 0.3) is 5.91 Å². The molecule has 1 saturated heterocycles. The minimum Gasteiger partial charge on any atom is -0.347 e. The number of benzene rings is 2. The number of halogens is 1. The van der Waals surface area contributed by atoms with E-state index in [0.29, 0.717) is 42.8 Å². The van der Waals surface area contributed by atoms with Crippen molar-refractivity contribution in [2.24, 2.45) is 4.99 Å². The molecule has 1 aromatic heterocycles. The highest BCUT2D eigenvalue weighted by Gasteiger charge is 2.24. The lowest BCUT2D eigenvalue weighted by Gasteiger charge is -2.34. The first kappa shape index (κ1) is 20.5. The second-order valence-corrected chi connectivity index (χ2v) is 8.32. The predicted octanol–water partition coefficient (Wildman–Crippen LogP) is 3.49. The molecule has 8 heteroatoms. The maximum Gasteiger partial charge on any atom is 0.253 e. The van der Waals surface area contributed by atoms with E-state index in [9.17, 15) is 4.79 Å². The van der Waals surface area contributed by atoms with Gasteiger partial charge in [-0.05, 0) is 42.0 Å². The summed E-state index contributed by atoms with van der Waals surface area (Å²) in [4.78, 5) is 32.4. The summed E-state index contributed by atoms with van der Waals surface area (Å²) in [5.74, 6) is 0.770. The van der Waals surface area contributed by atoms with Crippen LogP contribution in [0.25, 0.3) is 0 Å². The molecule has 2 aromatic carbocycles. The first-order valence-corrected chi connectivity index (χ1v) is 11.0. The van der Waals surface area contributed by atoms with E-state index >= 15 is 0 Å². The van der Waals surface area contributed by atoms with Crippen molar-refractivity contribution in [2.45, 2.75) is 6.54 Å². The molecule has 2 aliphatic rings. The summed E-state index contributed by atoms with van der Waals surface area (Å²) in [5, 5.41) is 0.702. The average molecular weight is 447 g/mol. The fraction of sp³-hybridized carbons (Fsp3) is 0.250. The van der Waals surface area contributed by atoms with Gasteiger partial charge in [-0.3, -0.25) is 9.79 Å². The molecule has 5 rings (SSSR count). The van der Waals surface area contributed by atoms with E-state index in [2.05, 4.69) is 24.8 Å². The number of rotatable bonds is 4. The number of hydrogen-bond donors (Lipinski definition) is 0. The Morgan fingerprint density at radius 2 is 1.78 bits per heavy atom. The topological polar surface area (TPSA) is 64.9 Å². The number of carbonyl (C=O) groups is 1. The van der Waals surface area contributed by atoms with E-state index in [1.807, 2.05) is 53.6 Å². The van der Waals surface area contributed by atoms with Gasteiger partial charge in [-0.2, -0.15) is 0 Å². The molecule has 1 amide bonds. The summed E-state index contributed by atoms with van der Waals surface area (Å²) < 4.78 is 0. The number of fused-ring (bicyclic) bond motifs is 1. The molecule has 0 unspecified atom stereocenters. The van der Waals surface area contributed by atoms with Crippen molar-refractivity contribution in [1.29, 1.82) is 0 Å². The highest BCUT2D eigenvalue weighted by atomic mass is 35.5. The molecule has 0 radical (unpaired) electrons. The summed E-state index contributed by atoms with van der Waals surface area (Å²) in [7, 11) is 0. The van der Waals surface area contributed by atoms with Crippen molar-refractivity contribution in [1.82, 2.24) is 14.9 Å². The summed E-state index contributed by atoms with van der Waals surface area (Å²) in [6.07, 6.45) is 5.36. The molecule has 0 aliphatic carbocycles. The third kappa shape index (κ3) is 4.29. The van der Waals surface area contributed by atoms with Gasteiger partial charge in [0.15, 0.2) is 0 Å². The van der Waals surface area contributed by atoms with Gasteiger partial charge in [-0.25, -0.2) is 9.97 Å². The van der Waals surface area contributed by atoms with E-state index in [4.69, 9.17) is 11.6 Å². The standard InChI is InChI=1S/C24H23ClN6O/c25-21-6-5-20-15-26-17-31(22(20)14-21)16-18-3-1-4-19(13-18)23(32)29-9-11-30(12-10-29)24-27-7-2-8-28-24/h1-8,13-15H,9-12,16-17H2. The van der Waals surface area contributed by atoms with Crippen molar-refractivity contribution in [3.8, 4) is 0 Å². The number of carbonyl (C=O) groups excluding carboxylic acids is 1. The van der Waals surface area contributed by atoms with E-state index in [1.165, 1.54) is 0 Å². The first-order chi connectivity index (χ1) is 15.7. The Labute approximate surface area is 192 Å². The highest BCUT2D eigenvalue weighted by molar-refractivity contribution is 6.31. The van der Waals surface area contributed by atoms with Gasteiger partial charge in [0.1, 0.15) is 6.67 Å². The molecule has 0 saturated carbocycles. The second kappa shape index (κ2) is 8.96. The van der Waals surface area contributed by atoms with Crippen LogP contribution in [0.3, 0.4) is 0 Å². The van der Waals surface area contributed by atoms with Crippen LogP contribution >= 0.6 is 11.6 Å². The van der Waals surface area contributed by atoms with Crippen LogP contribution in [0.5, 0.6) is 0 Å². The molecular formula is C24H23ClN6O. The van der Waals surface area contributed by atoms with Gasteiger partial charge >= 0.3 is 0 Å².